The van der Waals surface area contributed by atoms with Gasteiger partial charge >= 0.3 is 0 Å². The molecule has 2 saturated carbocycles. The van der Waals surface area contributed by atoms with Crippen LogP contribution in [0.1, 0.15) is 55.2 Å². The molecule has 2 heteroatoms. The van der Waals surface area contributed by atoms with Gasteiger partial charge in [-0.25, -0.2) is 0 Å². The summed E-state index contributed by atoms with van der Waals surface area (Å²) < 4.78 is 0. The average Bonchev–Trinajstić information content (AvgIpc) is 2.93. The minimum absolute atomic E-state index is 0.00377. The van der Waals surface area contributed by atoms with Crippen LogP contribution < -0.4 is 0 Å². The molecule has 2 nitrogen and oxygen atoms in total. The zero-order chi connectivity index (χ0) is 18.6. The van der Waals surface area contributed by atoms with Gasteiger partial charge in [0.2, 0.25) is 0 Å². The third kappa shape index (κ3) is 2.65. The molecule has 0 aromatic heterocycles. The molecule has 0 aliphatic heterocycles. The second-order valence-corrected chi connectivity index (χ2v) is 9.08. The van der Waals surface area contributed by atoms with Crippen molar-refractivity contribution in [2.24, 2.45) is 17.3 Å². The van der Waals surface area contributed by atoms with Crippen LogP contribution in [-0.4, -0.2) is 16.3 Å². The van der Waals surface area contributed by atoms with Gasteiger partial charge in [0.1, 0.15) is 5.75 Å². The van der Waals surface area contributed by atoms with Gasteiger partial charge in [0.25, 0.3) is 0 Å². The standard InChI is InChI=1S/C25H28O2/c1-25-12-11-21-20-10-8-19(26)14-17(20)7-9-22(21)23(25)15-18(24(25)27)13-16-5-3-2-4-6-16/h2-6,8,10,13-14,21-24,26-27H,7,9,11-12,15H2,1H3/b18-13+/t21-,22-,23-,24-,25+/m0/s1. The van der Waals surface area contributed by atoms with Crippen molar-refractivity contribution in [2.75, 3.05) is 0 Å². The van der Waals surface area contributed by atoms with Crippen LogP contribution >= 0.6 is 0 Å². The van der Waals surface area contributed by atoms with E-state index in [1.807, 2.05) is 18.2 Å². The number of aliphatic hydroxyl groups excluding tert-OH is 1. The Morgan fingerprint density at radius 2 is 1.89 bits per heavy atom. The van der Waals surface area contributed by atoms with Crippen molar-refractivity contribution in [3.63, 3.8) is 0 Å². The van der Waals surface area contributed by atoms with Crippen molar-refractivity contribution in [1.29, 1.82) is 0 Å². The Kier molecular flexibility index (Phi) is 3.94. The molecule has 0 saturated heterocycles. The molecule has 2 aromatic carbocycles. The van der Waals surface area contributed by atoms with Crippen LogP contribution in [0.5, 0.6) is 5.75 Å². The SMILES string of the molecule is C[C@@]12CC[C@H]3c4ccc(O)cc4CC[C@@H]3[C@@H]1C/C(=C\c1ccccc1)[C@@H]2O. The summed E-state index contributed by atoms with van der Waals surface area (Å²) in [5.41, 5.74) is 5.18. The fraction of sp³-hybridized carbons (Fsp3) is 0.440. The summed E-state index contributed by atoms with van der Waals surface area (Å²) in [4.78, 5) is 0. The molecule has 0 spiro atoms. The fourth-order valence-corrected chi connectivity index (χ4v) is 6.33. The highest BCUT2D eigenvalue weighted by atomic mass is 16.3. The highest BCUT2D eigenvalue weighted by molar-refractivity contribution is 5.55. The normalized spacial score (nSPS) is 36.1. The largest absolute Gasteiger partial charge is 0.508 e. The van der Waals surface area contributed by atoms with Crippen molar-refractivity contribution < 1.29 is 10.2 Å². The predicted molar refractivity (Wildman–Crippen MR) is 109 cm³/mol. The van der Waals surface area contributed by atoms with Gasteiger partial charge in [-0.15, -0.1) is 0 Å². The number of aromatic hydroxyl groups is 1. The maximum atomic E-state index is 11.2. The number of phenolic OH excluding ortho intramolecular Hbond substituents is 1. The van der Waals surface area contributed by atoms with Gasteiger partial charge in [-0.3, -0.25) is 0 Å². The molecule has 140 valence electrons. The van der Waals surface area contributed by atoms with E-state index in [-0.39, 0.29) is 11.5 Å². The molecule has 0 amide bonds. The Bertz CT molecular complexity index is 884. The van der Waals surface area contributed by atoms with Crippen molar-refractivity contribution in [1.82, 2.24) is 0 Å². The van der Waals surface area contributed by atoms with E-state index >= 15 is 0 Å². The number of hydrogen-bond acceptors (Lipinski definition) is 2. The summed E-state index contributed by atoms with van der Waals surface area (Å²) in [6, 6.07) is 16.4. The number of rotatable bonds is 1. The number of aryl methyl sites for hydroxylation is 1. The van der Waals surface area contributed by atoms with Crippen LogP contribution in [0.15, 0.2) is 54.1 Å². The molecular formula is C25H28O2. The highest BCUT2D eigenvalue weighted by Crippen LogP contribution is 2.62. The molecule has 5 rings (SSSR count). The van der Waals surface area contributed by atoms with Crippen LogP contribution in [0.25, 0.3) is 6.08 Å². The first-order valence-corrected chi connectivity index (χ1v) is 10.3. The minimum Gasteiger partial charge on any atom is -0.508 e. The third-order valence-corrected chi connectivity index (χ3v) is 7.73. The lowest BCUT2D eigenvalue weighted by molar-refractivity contribution is -0.0158. The Morgan fingerprint density at radius 1 is 1.07 bits per heavy atom. The summed E-state index contributed by atoms with van der Waals surface area (Å²) in [5.74, 6) is 2.15. The van der Waals surface area contributed by atoms with Crippen molar-refractivity contribution in [3.05, 3.63) is 70.8 Å². The van der Waals surface area contributed by atoms with Crippen molar-refractivity contribution in [2.45, 2.75) is 51.0 Å². The zero-order valence-corrected chi connectivity index (χ0v) is 15.9. The van der Waals surface area contributed by atoms with Gasteiger partial charge in [-0.05, 0) is 84.3 Å². The molecule has 0 unspecified atom stereocenters. The minimum atomic E-state index is -0.329. The average molecular weight is 360 g/mol. The summed E-state index contributed by atoms with van der Waals surface area (Å²) in [6.07, 6.45) is 7.35. The zero-order valence-electron chi connectivity index (χ0n) is 15.9. The molecule has 3 aliphatic carbocycles. The van der Waals surface area contributed by atoms with E-state index in [0.717, 1.165) is 25.7 Å². The van der Waals surface area contributed by atoms with Gasteiger partial charge < -0.3 is 10.2 Å². The molecule has 2 fully saturated rings. The van der Waals surface area contributed by atoms with E-state index in [0.29, 0.717) is 23.5 Å². The quantitative estimate of drug-likeness (QED) is 0.724. The monoisotopic (exact) mass is 360 g/mol. The van der Waals surface area contributed by atoms with E-state index in [2.05, 4.69) is 43.3 Å². The van der Waals surface area contributed by atoms with E-state index < -0.39 is 0 Å². The van der Waals surface area contributed by atoms with E-state index in [1.54, 1.807) is 0 Å². The Labute approximate surface area is 161 Å². The first-order valence-electron chi connectivity index (χ1n) is 10.3. The number of aliphatic hydroxyl groups is 1. The van der Waals surface area contributed by atoms with Crippen LogP contribution in [0.4, 0.5) is 0 Å². The molecular weight excluding hydrogens is 332 g/mol. The third-order valence-electron chi connectivity index (χ3n) is 7.73. The van der Waals surface area contributed by atoms with Crippen LogP contribution in [0.2, 0.25) is 0 Å². The molecule has 2 aromatic rings. The van der Waals surface area contributed by atoms with E-state index in [9.17, 15) is 10.2 Å². The van der Waals surface area contributed by atoms with Gasteiger partial charge in [-0.2, -0.15) is 0 Å². The lowest BCUT2D eigenvalue weighted by Crippen LogP contribution is -2.44. The van der Waals surface area contributed by atoms with Gasteiger partial charge in [-0.1, -0.05) is 49.4 Å². The first kappa shape index (κ1) is 17.1. The van der Waals surface area contributed by atoms with Gasteiger partial charge in [0.05, 0.1) is 6.10 Å². The maximum absolute atomic E-state index is 11.2. The predicted octanol–water partition coefficient (Wildman–Crippen LogP) is 5.30. The van der Waals surface area contributed by atoms with E-state index in [4.69, 9.17) is 0 Å². The molecule has 5 atom stereocenters. The molecule has 3 aliphatic rings. The van der Waals surface area contributed by atoms with Crippen LogP contribution in [-0.2, 0) is 6.42 Å². The second-order valence-electron chi connectivity index (χ2n) is 9.08. The maximum Gasteiger partial charge on any atom is 0.115 e. The topological polar surface area (TPSA) is 40.5 Å². The number of fused-ring (bicyclic) bond motifs is 5. The number of phenols is 1. The Balaban J connectivity index is 1.49. The van der Waals surface area contributed by atoms with Gasteiger partial charge in [0, 0.05) is 5.41 Å². The molecule has 27 heavy (non-hydrogen) atoms. The molecule has 0 radical (unpaired) electrons. The Morgan fingerprint density at radius 3 is 2.70 bits per heavy atom. The number of hydrogen-bond donors (Lipinski definition) is 2. The first-order chi connectivity index (χ1) is 13.1. The van der Waals surface area contributed by atoms with Crippen molar-refractivity contribution >= 4 is 6.08 Å². The summed E-state index contributed by atoms with van der Waals surface area (Å²) in [7, 11) is 0. The summed E-state index contributed by atoms with van der Waals surface area (Å²) >= 11 is 0. The van der Waals surface area contributed by atoms with Gasteiger partial charge in [0.15, 0.2) is 0 Å². The second kappa shape index (κ2) is 6.24. The molecule has 2 N–H and O–H groups in total. The van der Waals surface area contributed by atoms with E-state index in [1.165, 1.54) is 28.7 Å². The smallest absolute Gasteiger partial charge is 0.115 e. The lowest BCUT2D eigenvalue weighted by Gasteiger charge is -2.49. The number of benzene rings is 2. The van der Waals surface area contributed by atoms with Crippen LogP contribution in [0, 0.1) is 17.3 Å². The summed E-state index contributed by atoms with van der Waals surface area (Å²) in [5, 5.41) is 21.1. The molecule has 0 bridgehead atoms. The Hall–Kier alpha value is -2.06. The molecule has 0 heterocycles. The summed E-state index contributed by atoms with van der Waals surface area (Å²) in [6.45, 7) is 2.32. The fourth-order valence-electron chi connectivity index (χ4n) is 6.33. The lowest BCUT2D eigenvalue weighted by atomic mass is 9.55. The van der Waals surface area contributed by atoms with Crippen molar-refractivity contribution in [3.8, 4) is 5.75 Å². The van der Waals surface area contributed by atoms with Crippen LogP contribution in [0.3, 0.4) is 0 Å². The highest BCUT2D eigenvalue weighted by Gasteiger charge is 2.56.